The molecule has 3 rings (SSSR count). The fraction of sp³-hybridized carbons (Fsp3) is 0.538. The van der Waals surface area contributed by atoms with Crippen molar-refractivity contribution in [1.82, 2.24) is 4.31 Å². The van der Waals surface area contributed by atoms with Crippen LogP contribution in [0.3, 0.4) is 0 Å². The summed E-state index contributed by atoms with van der Waals surface area (Å²) in [6.07, 6.45) is 3.18. The minimum atomic E-state index is -3.41. The lowest BCUT2D eigenvalue weighted by Gasteiger charge is -2.26. The Balaban J connectivity index is 2.00. The van der Waals surface area contributed by atoms with Crippen LogP contribution in [0.15, 0.2) is 27.6 Å². The first-order valence-corrected chi connectivity index (χ1v) is 9.15. The molecule has 0 aromatic heterocycles. The molecule has 1 aliphatic carbocycles. The molecule has 6 heteroatoms. The van der Waals surface area contributed by atoms with Gasteiger partial charge < -0.3 is 0 Å². The molecule has 3 nitrogen and oxygen atoms in total. The third-order valence-electron chi connectivity index (χ3n) is 4.10. The predicted molar refractivity (Wildman–Crippen MR) is 78.7 cm³/mol. The molecule has 2 aliphatic rings. The molecular formula is C13H15BrClNO2S. The van der Waals surface area contributed by atoms with E-state index in [4.69, 9.17) is 11.6 Å². The van der Waals surface area contributed by atoms with Gasteiger partial charge in [0.05, 0.1) is 4.90 Å². The summed E-state index contributed by atoms with van der Waals surface area (Å²) in [5, 5.41) is 0. The molecule has 104 valence electrons. The third kappa shape index (κ3) is 2.35. The van der Waals surface area contributed by atoms with Crippen LogP contribution in [0.2, 0.25) is 0 Å². The van der Waals surface area contributed by atoms with Gasteiger partial charge in [-0.1, -0.05) is 6.07 Å². The van der Waals surface area contributed by atoms with Crippen molar-refractivity contribution in [2.75, 3.05) is 6.54 Å². The summed E-state index contributed by atoms with van der Waals surface area (Å²) >= 11 is 9.15. The van der Waals surface area contributed by atoms with Gasteiger partial charge >= 0.3 is 0 Å². The minimum absolute atomic E-state index is 0.196. The molecule has 1 aliphatic heterocycles. The van der Waals surface area contributed by atoms with Gasteiger partial charge in [-0.25, -0.2) is 8.42 Å². The summed E-state index contributed by atoms with van der Waals surface area (Å²) in [6.45, 7) is 0.671. The molecule has 2 bridgehead atoms. The lowest BCUT2D eigenvalue weighted by atomic mass is 10.1. The first kappa shape index (κ1) is 13.9. The predicted octanol–water partition coefficient (Wildman–Crippen LogP) is 3.36. The van der Waals surface area contributed by atoms with Gasteiger partial charge in [0.25, 0.3) is 0 Å². The van der Waals surface area contributed by atoms with Crippen molar-refractivity contribution in [1.29, 1.82) is 0 Å². The van der Waals surface area contributed by atoms with E-state index in [1.54, 1.807) is 16.4 Å². The van der Waals surface area contributed by atoms with Crippen LogP contribution in [0.1, 0.15) is 24.8 Å². The Kier molecular flexibility index (Phi) is 3.67. The monoisotopic (exact) mass is 363 g/mol. The van der Waals surface area contributed by atoms with Crippen molar-refractivity contribution in [3.63, 3.8) is 0 Å². The van der Waals surface area contributed by atoms with E-state index in [2.05, 4.69) is 15.9 Å². The van der Waals surface area contributed by atoms with Crippen LogP contribution in [-0.4, -0.2) is 25.3 Å². The maximum atomic E-state index is 12.8. The SMILES string of the molecule is O=S(=O)(c1cc(CCl)ccc1Br)N1CC2CCC1C2. The van der Waals surface area contributed by atoms with Crippen LogP contribution in [0.5, 0.6) is 0 Å². The quantitative estimate of drug-likeness (QED) is 0.771. The number of hydrogen-bond donors (Lipinski definition) is 0. The van der Waals surface area contributed by atoms with E-state index in [1.807, 2.05) is 6.07 Å². The molecule has 1 saturated carbocycles. The zero-order valence-electron chi connectivity index (χ0n) is 10.4. The van der Waals surface area contributed by atoms with E-state index >= 15 is 0 Å². The molecule has 0 amide bonds. The second-order valence-electron chi connectivity index (χ2n) is 5.31. The third-order valence-corrected chi connectivity index (χ3v) is 7.32. The van der Waals surface area contributed by atoms with E-state index in [0.29, 0.717) is 27.7 Å². The van der Waals surface area contributed by atoms with Crippen LogP contribution in [0.4, 0.5) is 0 Å². The second-order valence-corrected chi connectivity index (χ2v) is 8.29. The summed E-state index contributed by atoms with van der Waals surface area (Å²) in [6, 6.07) is 5.48. The van der Waals surface area contributed by atoms with Crippen molar-refractivity contribution < 1.29 is 8.42 Å². The molecule has 0 N–H and O–H groups in total. The van der Waals surface area contributed by atoms with E-state index in [0.717, 1.165) is 18.4 Å². The lowest BCUT2D eigenvalue weighted by molar-refractivity contribution is 0.333. The number of benzene rings is 1. The van der Waals surface area contributed by atoms with E-state index in [-0.39, 0.29) is 6.04 Å². The van der Waals surface area contributed by atoms with Gasteiger partial charge in [0.15, 0.2) is 0 Å². The smallest absolute Gasteiger partial charge is 0.207 e. The number of alkyl halides is 1. The fourth-order valence-electron chi connectivity index (χ4n) is 3.13. The summed E-state index contributed by atoms with van der Waals surface area (Å²) < 4.78 is 27.8. The second kappa shape index (κ2) is 5.02. The van der Waals surface area contributed by atoms with Gasteiger partial charge in [0.2, 0.25) is 10.0 Å². The fourth-order valence-corrected chi connectivity index (χ4v) is 6.01. The minimum Gasteiger partial charge on any atom is -0.207 e. The topological polar surface area (TPSA) is 37.4 Å². The Labute approximate surface area is 127 Å². The number of piperidine rings is 1. The van der Waals surface area contributed by atoms with Crippen molar-refractivity contribution in [3.05, 3.63) is 28.2 Å². The maximum Gasteiger partial charge on any atom is 0.244 e. The van der Waals surface area contributed by atoms with Gasteiger partial charge in [-0.2, -0.15) is 4.31 Å². The van der Waals surface area contributed by atoms with E-state index in [1.165, 1.54) is 6.42 Å². The summed E-state index contributed by atoms with van der Waals surface area (Å²) in [5.74, 6) is 0.872. The Morgan fingerprint density at radius 2 is 2.16 bits per heavy atom. The average molecular weight is 365 g/mol. The van der Waals surface area contributed by atoms with Gasteiger partial charge in [-0.3, -0.25) is 0 Å². The Morgan fingerprint density at radius 3 is 2.74 bits per heavy atom. The summed E-state index contributed by atoms with van der Waals surface area (Å²) in [5.41, 5.74) is 0.827. The van der Waals surface area contributed by atoms with Crippen molar-refractivity contribution in [2.24, 2.45) is 5.92 Å². The van der Waals surface area contributed by atoms with Crippen LogP contribution in [0, 0.1) is 5.92 Å². The van der Waals surface area contributed by atoms with Gasteiger partial charge in [0.1, 0.15) is 0 Å². The molecule has 2 fully saturated rings. The molecular weight excluding hydrogens is 350 g/mol. The highest BCUT2D eigenvalue weighted by Crippen LogP contribution is 2.41. The van der Waals surface area contributed by atoms with Gasteiger partial charge in [-0.05, 0) is 58.8 Å². The maximum absolute atomic E-state index is 12.8. The molecule has 19 heavy (non-hydrogen) atoms. The summed E-state index contributed by atoms with van der Waals surface area (Å²) in [4.78, 5) is 0.346. The van der Waals surface area contributed by atoms with Gasteiger partial charge in [0, 0.05) is 22.9 Å². The zero-order chi connectivity index (χ0) is 13.6. The Morgan fingerprint density at radius 1 is 1.37 bits per heavy atom. The Bertz CT molecular complexity index is 605. The van der Waals surface area contributed by atoms with Crippen LogP contribution in [-0.2, 0) is 15.9 Å². The number of halogens is 2. The summed E-state index contributed by atoms with van der Waals surface area (Å²) in [7, 11) is -3.41. The molecule has 1 aromatic carbocycles. The molecule has 0 radical (unpaired) electrons. The first-order valence-electron chi connectivity index (χ1n) is 6.38. The lowest BCUT2D eigenvalue weighted by Crippen LogP contribution is -2.37. The van der Waals surface area contributed by atoms with Crippen molar-refractivity contribution >= 4 is 37.6 Å². The molecule has 2 unspecified atom stereocenters. The molecule has 1 saturated heterocycles. The number of hydrogen-bond acceptors (Lipinski definition) is 2. The number of rotatable bonds is 3. The van der Waals surface area contributed by atoms with E-state index in [9.17, 15) is 8.42 Å². The highest BCUT2D eigenvalue weighted by molar-refractivity contribution is 9.10. The molecule has 0 spiro atoms. The average Bonchev–Trinajstić information content (AvgIpc) is 3.01. The first-order chi connectivity index (χ1) is 9.02. The molecule has 1 heterocycles. The zero-order valence-corrected chi connectivity index (χ0v) is 13.5. The van der Waals surface area contributed by atoms with Crippen LogP contribution in [0.25, 0.3) is 0 Å². The molecule has 2 atom stereocenters. The van der Waals surface area contributed by atoms with Gasteiger partial charge in [-0.15, -0.1) is 11.6 Å². The highest BCUT2D eigenvalue weighted by Gasteiger charge is 2.44. The normalized spacial score (nSPS) is 27.1. The highest BCUT2D eigenvalue weighted by atomic mass is 79.9. The van der Waals surface area contributed by atoms with E-state index < -0.39 is 10.0 Å². The largest absolute Gasteiger partial charge is 0.244 e. The van der Waals surface area contributed by atoms with Crippen molar-refractivity contribution in [2.45, 2.75) is 36.1 Å². The number of fused-ring (bicyclic) bond motifs is 2. The number of nitrogens with zero attached hydrogens (tertiary/aromatic N) is 1. The van der Waals surface area contributed by atoms with Crippen LogP contribution < -0.4 is 0 Å². The standard InChI is InChI=1S/C13H15BrClNO2S/c14-12-4-2-9(7-15)6-13(12)19(17,18)16-8-10-1-3-11(16)5-10/h2,4,6,10-11H,1,3,5,7-8H2. The Hall–Kier alpha value is -0.100. The number of sulfonamides is 1. The van der Waals surface area contributed by atoms with Crippen LogP contribution >= 0.6 is 27.5 Å². The molecule has 1 aromatic rings. The van der Waals surface area contributed by atoms with Crippen molar-refractivity contribution in [3.8, 4) is 0 Å².